The zero-order valence-electron chi connectivity index (χ0n) is 13.4. The SMILES string of the molecule is COC(=O)c1ccc(N2C(=O)/C(=C/c3c(F)cccc3Cl)SC2=S)cc1. The summed E-state index contributed by atoms with van der Waals surface area (Å²) in [6.45, 7) is 0. The van der Waals surface area contributed by atoms with Gasteiger partial charge in [0.2, 0.25) is 0 Å². The molecular formula is C18H11ClFNO3S2. The van der Waals surface area contributed by atoms with Gasteiger partial charge in [0.05, 0.1) is 28.3 Å². The van der Waals surface area contributed by atoms with E-state index < -0.39 is 11.8 Å². The van der Waals surface area contributed by atoms with Crippen LogP contribution in [0.3, 0.4) is 0 Å². The van der Waals surface area contributed by atoms with Gasteiger partial charge in [-0.3, -0.25) is 9.69 Å². The molecule has 0 aromatic heterocycles. The summed E-state index contributed by atoms with van der Waals surface area (Å²) in [5.74, 6) is -1.38. The maximum absolute atomic E-state index is 14.0. The number of hydrogen-bond acceptors (Lipinski definition) is 5. The van der Waals surface area contributed by atoms with Gasteiger partial charge in [0.15, 0.2) is 4.32 Å². The number of carbonyl (C=O) groups excluding carboxylic acids is 2. The molecule has 0 unspecified atom stereocenters. The number of amides is 1. The number of benzene rings is 2. The molecule has 0 atom stereocenters. The summed E-state index contributed by atoms with van der Waals surface area (Å²) in [4.78, 5) is 25.8. The van der Waals surface area contributed by atoms with E-state index in [-0.39, 0.29) is 21.4 Å². The van der Waals surface area contributed by atoms with Crippen LogP contribution in [-0.4, -0.2) is 23.3 Å². The fraction of sp³-hybridized carbons (Fsp3) is 0.0556. The number of nitrogens with zero attached hydrogens (tertiary/aromatic N) is 1. The van der Waals surface area contributed by atoms with Crippen LogP contribution in [0.2, 0.25) is 5.02 Å². The molecule has 4 nitrogen and oxygen atoms in total. The number of ether oxygens (including phenoxy) is 1. The Kier molecular flexibility index (Phi) is 5.41. The van der Waals surface area contributed by atoms with Gasteiger partial charge in [-0.2, -0.15) is 0 Å². The van der Waals surface area contributed by atoms with Gasteiger partial charge in [-0.25, -0.2) is 9.18 Å². The molecule has 1 saturated heterocycles. The van der Waals surface area contributed by atoms with Crippen LogP contribution in [0.1, 0.15) is 15.9 Å². The summed E-state index contributed by atoms with van der Waals surface area (Å²) in [7, 11) is 1.29. The molecule has 26 heavy (non-hydrogen) atoms. The second kappa shape index (κ2) is 7.57. The predicted octanol–water partition coefficient (Wildman–Crippen LogP) is 4.67. The van der Waals surface area contributed by atoms with Crippen molar-refractivity contribution in [2.45, 2.75) is 0 Å². The largest absolute Gasteiger partial charge is 0.465 e. The van der Waals surface area contributed by atoms with Gasteiger partial charge in [0.25, 0.3) is 5.91 Å². The van der Waals surface area contributed by atoms with Crippen molar-refractivity contribution in [2.24, 2.45) is 0 Å². The van der Waals surface area contributed by atoms with Crippen LogP contribution in [0.25, 0.3) is 6.08 Å². The van der Waals surface area contributed by atoms with Gasteiger partial charge in [-0.15, -0.1) is 0 Å². The molecule has 0 aliphatic carbocycles. The molecule has 132 valence electrons. The summed E-state index contributed by atoms with van der Waals surface area (Å²) >= 11 is 12.3. The summed E-state index contributed by atoms with van der Waals surface area (Å²) in [6, 6.07) is 10.6. The maximum Gasteiger partial charge on any atom is 0.337 e. The Morgan fingerprint density at radius 3 is 2.58 bits per heavy atom. The highest BCUT2D eigenvalue weighted by Gasteiger charge is 2.33. The topological polar surface area (TPSA) is 46.6 Å². The second-order valence-electron chi connectivity index (χ2n) is 5.19. The minimum atomic E-state index is -0.523. The van der Waals surface area contributed by atoms with E-state index >= 15 is 0 Å². The second-order valence-corrected chi connectivity index (χ2v) is 7.27. The van der Waals surface area contributed by atoms with Crippen LogP contribution in [0.5, 0.6) is 0 Å². The van der Waals surface area contributed by atoms with Gasteiger partial charge >= 0.3 is 5.97 Å². The van der Waals surface area contributed by atoms with E-state index in [0.717, 1.165) is 11.8 Å². The third kappa shape index (κ3) is 3.51. The molecule has 0 saturated carbocycles. The number of esters is 1. The van der Waals surface area contributed by atoms with Crippen molar-refractivity contribution >= 4 is 63.5 Å². The van der Waals surface area contributed by atoms with Crippen LogP contribution in [0.4, 0.5) is 10.1 Å². The molecule has 0 N–H and O–H groups in total. The monoisotopic (exact) mass is 407 g/mol. The van der Waals surface area contributed by atoms with E-state index in [9.17, 15) is 14.0 Å². The number of halogens is 2. The lowest BCUT2D eigenvalue weighted by Gasteiger charge is -2.14. The van der Waals surface area contributed by atoms with Crippen molar-refractivity contribution in [2.75, 3.05) is 12.0 Å². The average molecular weight is 408 g/mol. The van der Waals surface area contributed by atoms with Crippen molar-refractivity contribution in [3.8, 4) is 0 Å². The first-order valence-corrected chi connectivity index (χ1v) is 8.93. The van der Waals surface area contributed by atoms with Gasteiger partial charge in [0.1, 0.15) is 5.82 Å². The Morgan fingerprint density at radius 1 is 1.27 bits per heavy atom. The van der Waals surface area contributed by atoms with Crippen LogP contribution >= 0.6 is 35.6 Å². The van der Waals surface area contributed by atoms with Crippen molar-refractivity contribution in [1.82, 2.24) is 0 Å². The number of thioether (sulfide) groups is 1. The summed E-state index contributed by atoms with van der Waals surface area (Å²) in [5.41, 5.74) is 0.995. The lowest BCUT2D eigenvalue weighted by molar-refractivity contribution is -0.113. The third-order valence-electron chi connectivity index (χ3n) is 3.62. The predicted molar refractivity (Wildman–Crippen MR) is 105 cm³/mol. The van der Waals surface area contributed by atoms with Crippen molar-refractivity contribution in [3.63, 3.8) is 0 Å². The van der Waals surface area contributed by atoms with E-state index in [1.165, 1.54) is 42.4 Å². The normalized spacial score (nSPS) is 15.7. The minimum absolute atomic E-state index is 0.135. The summed E-state index contributed by atoms with van der Waals surface area (Å²) in [6.07, 6.45) is 1.39. The van der Waals surface area contributed by atoms with Crippen LogP contribution in [-0.2, 0) is 9.53 Å². The number of carbonyl (C=O) groups is 2. The highest BCUT2D eigenvalue weighted by Crippen LogP contribution is 2.37. The van der Waals surface area contributed by atoms with Crippen molar-refractivity contribution in [1.29, 1.82) is 0 Å². The Labute approximate surface area is 163 Å². The number of anilines is 1. The van der Waals surface area contributed by atoms with Gasteiger partial charge < -0.3 is 4.74 Å². The molecule has 2 aromatic rings. The molecule has 8 heteroatoms. The summed E-state index contributed by atoms with van der Waals surface area (Å²) < 4.78 is 18.9. The number of methoxy groups -OCH3 is 1. The molecule has 1 aliphatic rings. The zero-order chi connectivity index (χ0) is 18.8. The molecule has 0 radical (unpaired) electrons. The smallest absolute Gasteiger partial charge is 0.337 e. The Morgan fingerprint density at radius 2 is 1.96 bits per heavy atom. The van der Waals surface area contributed by atoms with E-state index in [2.05, 4.69) is 4.74 Å². The first-order chi connectivity index (χ1) is 12.4. The summed E-state index contributed by atoms with van der Waals surface area (Å²) in [5, 5.41) is 0.206. The van der Waals surface area contributed by atoms with E-state index in [1.807, 2.05) is 0 Å². The molecule has 0 spiro atoms. The molecule has 1 heterocycles. The van der Waals surface area contributed by atoms with Crippen molar-refractivity contribution < 1.29 is 18.7 Å². The number of rotatable bonds is 3. The molecule has 3 rings (SSSR count). The highest BCUT2D eigenvalue weighted by atomic mass is 35.5. The Hall–Kier alpha value is -2.22. The standard InChI is InChI=1S/C18H11ClFNO3S2/c1-24-17(23)10-5-7-11(8-6-10)21-16(22)15(26-18(21)25)9-12-13(19)3-2-4-14(12)20/h2-9H,1H3/b15-9-. The highest BCUT2D eigenvalue weighted by molar-refractivity contribution is 8.27. The van der Waals surface area contributed by atoms with E-state index in [0.29, 0.717) is 15.6 Å². The van der Waals surface area contributed by atoms with Gasteiger partial charge in [-0.1, -0.05) is 41.6 Å². The fourth-order valence-corrected chi connectivity index (χ4v) is 3.83. The maximum atomic E-state index is 14.0. The molecule has 2 aromatic carbocycles. The molecule has 1 fully saturated rings. The molecular weight excluding hydrogens is 397 g/mol. The third-order valence-corrected chi connectivity index (χ3v) is 5.25. The number of thiocarbonyl (C=S) groups is 1. The number of hydrogen-bond donors (Lipinski definition) is 0. The van der Waals surface area contributed by atoms with Crippen molar-refractivity contribution in [3.05, 3.63) is 69.3 Å². The first kappa shape index (κ1) is 18.6. The van der Waals surface area contributed by atoms with Gasteiger partial charge in [0, 0.05) is 5.56 Å². The Balaban J connectivity index is 1.92. The first-order valence-electron chi connectivity index (χ1n) is 7.32. The Bertz CT molecular complexity index is 924. The molecule has 1 aliphatic heterocycles. The van der Waals surface area contributed by atoms with Crippen LogP contribution in [0.15, 0.2) is 47.4 Å². The minimum Gasteiger partial charge on any atom is -0.465 e. The molecule has 0 bridgehead atoms. The van der Waals surface area contributed by atoms with Crippen LogP contribution < -0.4 is 4.90 Å². The van der Waals surface area contributed by atoms with Crippen LogP contribution in [0, 0.1) is 5.82 Å². The zero-order valence-corrected chi connectivity index (χ0v) is 15.8. The lowest BCUT2D eigenvalue weighted by atomic mass is 10.1. The van der Waals surface area contributed by atoms with Gasteiger partial charge in [-0.05, 0) is 42.5 Å². The van der Waals surface area contributed by atoms with E-state index in [4.69, 9.17) is 23.8 Å². The fourth-order valence-electron chi connectivity index (χ4n) is 2.33. The quantitative estimate of drug-likeness (QED) is 0.420. The molecule has 1 amide bonds. The lowest BCUT2D eigenvalue weighted by Crippen LogP contribution is -2.27. The average Bonchev–Trinajstić information content (AvgIpc) is 2.91. The van der Waals surface area contributed by atoms with E-state index in [1.54, 1.807) is 18.2 Å².